The summed E-state index contributed by atoms with van der Waals surface area (Å²) in [6.07, 6.45) is 5.39. The molecule has 4 aliphatic carbocycles. The molecular formula is C20H20N2O4. The van der Waals surface area contributed by atoms with Gasteiger partial charge in [0.05, 0.1) is 18.9 Å². The monoisotopic (exact) mass is 352 g/mol. The van der Waals surface area contributed by atoms with E-state index in [1.807, 2.05) is 0 Å². The molecular weight excluding hydrogens is 332 g/mol. The zero-order valence-electron chi connectivity index (χ0n) is 14.4. The molecule has 3 fully saturated rings. The average molecular weight is 352 g/mol. The molecule has 1 aliphatic heterocycles. The van der Waals surface area contributed by atoms with Gasteiger partial charge in [0.15, 0.2) is 0 Å². The first-order chi connectivity index (χ1) is 12.6. The third-order valence-corrected chi connectivity index (χ3v) is 6.43. The minimum Gasteiger partial charge on any atom is -0.497 e. The highest BCUT2D eigenvalue weighted by Gasteiger charge is 2.67. The lowest BCUT2D eigenvalue weighted by molar-refractivity contribution is -0.142. The first-order valence-electron chi connectivity index (χ1n) is 9.06. The van der Waals surface area contributed by atoms with E-state index in [4.69, 9.17) is 4.74 Å². The van der Waals surface area contributed by atoms with E-state index in [0.29, 0.717) is 23.3 Å². The number of rotatable bonds is 4. The van der Waals surface area contributed by atoms with Gasteiger partial charge in [-0.3, -0.25) is 19.3 Å². The topological polar surface area (TPSA) is 75.7 Å². The van der Waals surface area contributed by atoms with Crippen molar-refractivity contribution in [1.82, 2.24) is 4.90 Å². The summed E-state index contributed by atoms with van der Waals surface area (Å²) in [6, 6.07) is 6.93. The van der Waals surface area contributed by atoms with E-state index < -0.39 is 0 Å². The smallest absolute Gasteiger partial charge is 0.244 e. The zero-order valence-corrected chi connectivity index (χ0v) is 14.4. The van der Waals surface area contributed by atoms with E-state index in [2.05, 4.69) is 17.5 Å². The highest BCUT2D eigenvalue weighted by atomic mass is 16.5. The molecule has 0 spiro atoms. The van der Waals surface area contributed by atoms with E-state index in [1.54, 1.807) is 31.4 Å². The van der Waals surface area contributed by atoms with Crippen LogP contribution in [0.4, 0.5) is 5.69 Å². The number of carbonyl (C=O) groups excluding carboxylic acids is 3. The number of nitrogens with zero attached hydrogens (tertiary/aromatic N) is 1. The summed E-state index contributed by atoms with van der Waals surface area (Å²) < 4.78 is 5.09. The molecule has 0 radical (unpaired) electrons. The van der Waals surface area contributed by atoms with Crippen molar-refractivity contribution in [2.45, 2.75) is 6.42 Å². The molecule has 6 rings (SSSR count). The Bertz CT molecular complexity index is 795. The lowest BCUT2D eigenvalue weighted by Gasteiger charge is -2.37. The van der Waals surface area contributed by atoms with Gasteiger partial charge in [0, 0.05) is 5.69 Å². The molecule has 0 aromatic heterocycles. The van der Waals surface area contributed by atoms with Crippen LogP contribution >= 0.6 is 0 Å². The Balaban J connectivity index is 1.30. The van der Waals surface area contributed by atoms with Crippen LogP contribution in [0.25, 0.3) is 0 Å². The van der Waals surface area contributed by atoms with Gasteiger partial charge in [-0.1, -0.05) is 12.2 Å². The minimum atomic E-state index is -0.360. The second-order valence-corrected chi connectivity index (χ2v) is 7.69. The number of hydrogen-bond acceptors (Lipinski definition) is 4. The number of likely N-dealkylation sites (tertiary alicyclic amines) is 1. The Morgan fingerprint density at radius 2 is 1.65 bits per heavy atom. The van der Waals surface area contributed by atoms with Crippen LogP contribution in [0.1, 0.15) is 6.42 Å². The number of anilines is 1. The highest BCUT2D eigenvalue weighted by molar-refractivity contribution is 6.09. The molecule has 26 heavy (non-hydrogen) atoms. The van der Waals surface area contributed by atoms with Gasteiger partial charge in [-0.05, 0) is 54.4 Å². The molecule has 134 valence electrons. The van der Waals surface area contributed by atoms with Crippen molar-refractivity contribution in [2.24, 2.45) is 35.5 Å². The fourth-order valence-electron chi connectivity index (χ4n) is 5.19. The summed E-state index contributed by atoms with van der Waals surface area (Å²) in [5.41, 5.74) is 0.607. The van der Waals surface area contributed by atoms with Crippen molar-refractivity contribution in [2.75, 3.05) is 19.0 Å². The van der Waals surface area contributed by atoms with Crippen molar-refractivity contribution in [1.29, 1.82) is 0 Å². The summed E-state index contributed by atoms with van der Waals surface area (Å²) in [4.78, 5) is 39.2. The van der Waals surface area contributed by atoms with Crippen LogP contribution in [0, 0.1) is 35.5 Å². The maximum Gasteiger partial charge on any atom is 0.244 e. The zero-order chi connectivity index (χ0) is 18.0. The summed E-state index contributed by atoms with van der Waals surface area (Å²) in [5, 5.41) is 2.74. The molecule has 1 N–H and O–H groups in total. The number of nitrogens with one attached hydrogen (secondary N) is 1. The Morgan fingerprint density at radius 3 is 2.19 bits per heavy atom. The van der Waals surface area contributed by atoms with Gasteiger partial charge in [-0.25, -0.2) is 0 Å². The molecule has 1 heterocycles. The lowest BCUT2D eigenvalue weighted by atomic mass is 9.63. The summed E-state index contributed by atoms with van der Waals surface area (Å²) in [5.74, 6) is 0.975. The number of amides is 3. The van der Waals surface area contributed by atoms with Crippen molar-refractivity contribution in [3.8, 4) is 5.75 Å². The largest absolute Gasteiger partial charge is 0.497 e. The normalized spacial score (nSPS) is 36.0. The fourth-order valence-corrected chi connectivity index (χ4v) is 5.19. The molecule has 2 saturated carbocycles. The predicted octanol–water partition coefficient (Wildman–Crippen LogP) is 1.69. The molecule has 6 heteroatoms. The number of imide groups is 1. The lowest BCUT2D eigenvalue weighted by Crippen LogP contribution is -2.40. The Hall–Kier alpha value is -2.63. The molecule has 0 unspecified atom stereocenters. The molecule has 5 aliphatic rings. The van der Waals surface area contributed by atoms with E-state index in [1.165, 1.54) is 4.90 Å². The van der Waals surface area contributed by atoms with Crippen LogP contribution in [0.5, 0.6) is 5.75 Å². The second kappa shape index (κ2) is 5.43. The van der Waals surface area contributed by atoms with Crippen molar-refractivity contribution in [3.63, 3.8) is 0 Å². The predicted molar refractivity (Wildman–Crippen MR) is 93.0 cm³/mol. The van der Waals surface area contributed by atoms with Crippen LogP contribution in [0.15, 0.2) is 36.4 Å². The minimum absolute atomic E-state index is 0.172. The SMILES string of the molecule is COc1ccc(NC(=O)CN2C(=O)[C@@H]3[C@H]4C=C[C@@H]([C@@H]5C[C@H]45)[C@H]3C2=O)cc1. The Labute approximate surface area is 151 Å². The van der Waals surface area contributed by atoms with Gasteiger partial charge in [0.25, 0.3) is 0 Å². The Kier molecular flexibility index (Phi) is 3.26. The molecule has 1 aromatic carbocycles. The first-order valence-corrected chi connectivity index (χ1v) is 9.06. The van der Waals surface area contributed by atoms with E-state index in [0.717, 1.165) is 6.42 Å². The number of ether oxygens (including phenoxy) is 1. The van der Waals surface area contributed by atoms with E-state index in [-0.39, 0.29) is 47.9 Å². The van der Waals surface area contributed by atoms with Crippen LogP contribution in [0.3, 0.4) is 0 Å². The molecule has 1 aromatic rings. The summed E-state index contributed by atoms with van der Waals surface area (Å²) >= 11 is 0. The summed E-state index contributed by atoms with van der Waals surface area (Å²) in [6.45, 7) is -0.217. The van der Waals surface area contributed by atoms with Crippen LogP contribution in [0.2, 0.25) is 0 Å². The number of hydrogen-bond donors (Lipinski definition) is 1. The van der Waals surface area contributed by atoms with Gasteiger partial charge in [0.2, 0.25) is 17.7 Å². The van der Waals surface area contributed by atoms with E-state index in [9.17, 15) is 14.4 Å². The first kappa shape index (κ1) is 15.6. The number of allylic oxidation sites excluding steroid dienone is 2. The summed E-state index contributed by atoms with van der Waals surface area (Å²) in [7, 11) is 1.57. The molecule has 6 nitrogen and oxygen atoms in total. The standard InChI is InChI=1S/C20H20N2O4/c1-26-11-4-2-10(3-5-11)21-16(23)9-22-19(24)17-12-6-7-13(15-8-14(12)15)18(17)20(22)25/h2-7,12-15,17-18H,8-9H2,1H3,(H,21,23)/t12-,13-,14-,15+,17+,18+/m0/s1. The number of methoxy groups -OCH3 is 1. The quantitative estimate of drug-likeness (QED) is 0.661. The average Bonchev–Trinajstić information content (AvgIpc) is 3.43. The third-order valence-electron chi connectivity index (χ3n) is 6.43. The Morgan fingerprint density at radius 1 is 1.08 bits per heavy atom. The van der Waals surface area contributed by atoms with Crippen molar-refractivity contribution >= 4 is 23.4 Å². The van der Waals surface area contributed by atoms with Crippen molar-refractivity contribution in [3.05, 3.63) is 36.4 Å². The van der Waals surface area contributed by atoms with Gasteiger partial charge in [0.1, 0.15) is 12.3 Å². The van der Waals surface area contributed by atoms with Gasteiger partial charge in [-0.15, -0.1) is 0 Å². The fraction of sp³-hybridized carbons (Fsp3) is 0.450. The van der Waals surface area contributed by atoms with Crippen molar-refractivity contribution < 1.29 is 19.1 Å². The molecule has 2 bridgehead atoms. The van der Waals surface area contributed by atoms with Gasteiger partial charge in [-0.2, -0.15) is 0 Å². The van der Waals surface area contributed by atoms with Gasteiger partial charge >= 0.3 is 0 Å². The highest BCUT2D eigenvalue weighted by Crippen LogP contribution is 2.65. The van der Waals surface area contributed by atoms with Crippen LogP contribution < -0.4 is 10.1 Å². The number of benzene rings is 1. The maximum atomic E-state index is 12.9. The van der Waals surface area contributed by atoms with Gasteiger partial charge < -0.3 is 10.1 Å². The third kappa shape index (κ3) is 2.14. The maximum absolute atomic E-state index is 12.9. The van der Waals surface area contributed by atoms with Crippen LogP contribution in [-0.2, 0) is 14.4 Å². The second-order valence-electron chi connectivity index (χ2n) is 7.69. The number of carbonyl (C=O) groups is 3. The molecule has 1 saturated heterocycles. The van der Waals surface area contributed by atoms with Crippen LogP contribution in [-0.4, -0.2) is 36.3 Å². The molecule has 6 atom stereocenters. The van der Waals surface area contributed by atoms with E-state index >= 15 is 0 Å². The molecule has 3 amide bonds.